The Morgan fingerprint density at radius 2 is 1.69 bits per heavy atom. The van der Waals surface area contributed by atoms with Crippen LogP contribution in [0.15, 0.2) is 61.2 Å². The maximum absolute atomic E-state index is 12.4. The minimum Gasteiger partial charge on any atom is -0.486 e. The Labute approximate surface area is 183 Å². The van der Waals surface area contributed by atoms with Crippen LogP contribution in [-0.2, 0) is 11.3 Å². The van der Waals surface area contributed by atoms with Gasteiger partial charge in [0.1, 0.15) is 13.2 Å². The molecule has 0 saturated carbocycles. The molecule has 0 aliphatic carbocycles. The highest BCUT2D eigenvalue weighted by Crippen LogP contribution is 2.30. The zero-order valence-corrected chi connectivity index (χ0v) is 17.0. The molecule has 164 valence electrons. The Morgan fingerprint density at radius 1 is 0.938 bits per heavy atom. The van der Waals surface area contributed by atoms with E-state index in [2.05, 4.69) is 21.2 Å². The van der Waals surface area contributed by atoms with Crippen LogP contribution in [0.1, 0.15) is 27.1 Å². The van der Waals surface area contributed by atoms with Crippen LogP contribution in [0, 0.1) is 0 Å². The minimum atomic E-state index is -0.523. The van der Waals surface area contributed by atoms with Gasteiger partial charge in [0.25, 0.3) is 11.8 Å². The molecule has 0 fully saturated rings. The van der Waals surface area contributed by atoms with Gasteiger partial charge in [-0.15, -0.1) is 0 Å². The summed E-state index contributed by atoms with van der Waals surface area (Å²) in [5.41, 5.74) is 5.81. The minimum absolute atomic E-state index is 0.192. The molecular weight excluding hydrogens is 414 g/mol. The zero-order valence-electron chi connectivity index (χ0n) is 17.0. The molecule has 3 N–H and O–H groups in total. The van der Waals surface area contributed by atoms with Crippen LogP contribution < -0.4 is 25.6 Å². The van der Waals surface area contributed by atoms with E-state index in [1.165, 1.54) is 6.07 Å². The third kappa shape index (κ3) is 5.22. The number of carbonyl (C=O) groups excluding carboxylic acids is 3. The summed E-state index contributed by atoms with van der Waals surface area (Å²) in [6.07, 6.45) is 5.32. The fraction of sp³-hybridized carbons (Fsp3) is 0.182. The molecule has 0 atom stereocenters. The van der Waals surface area contributed by atoms with Crippen molar-refractivity contribution in [2.24, 2.45) is 0 Å². The normalized spacial score (nSPS) is 12.0. The number of anilines is 1. The van der Waals surface area contributed by atoms with Crippen molar-refractivity contribution in [2.75, 3.05) is 18.5 Å². The largest absolute Gasteiger partial charge is 0.486 e. The lowest BCUT2D eigenvalue weighted by atomic mass is 10.2. The summed E-state index contributed by atoms with van der Waals surface area (Å²) in [6.45, 7) is 1.36. The molecule has 4 rings (SSSR count). The summed E-state index contributed by atoms with van der Waals surface area (Å²) in [6, 6.07) is 11.2. The Morgan fingerprint density at radius 3 is 2.44 bits per heavy atom. The van der Waals surface area contributed by atoms with Crippen LogP contribution in [0.4, 0.5) is 5.69 Å². The second kappa shape index (κ2) is 9.65. The second-order valence-electron chi connectivity index (χ2n) is 6.95. The average molecular weight is 435 g/mol. The van der Waals surface area contributed by atoms with Crippen molar-refractivity contribution in [3.8, 4) is 11.5 Å². The van der Waals surface area contributed by atoms with Crippen LogP contribution in [0.5, 0.6) is 11.5 Å². The number of hydrogen-bond donors (Lipinski definition) is 3. The number of aryl methyl sites for hydroxylation is 1. The molecule has 0 unspecified atom stereocenters. The van der Waals surface area contributed by atoms with Gasteiger partial charge < -0.3 is 19.4 Å². The number of hydrazine groups is 1. The van der Waals surface area contributed by atoms with E-state index in [0.717, 1.165) is 0 Å². The van der Waals surface area contributed by atoms with Gasteiger partial charge in [0, 0.05) is 42.2 Å². The fourth-order valence-corrected chi connectivity index (χ4v) is 3.05. The highest BCUT2D eigenvalue weighted by atomic mass is 16.6. The van der Waals surface area contributed by atoms with Crippen molar-refractivity contribution in [3.63, 3.8) is 0 Å². The molecule has 3 aromatic rings. The first kappa shape index (κ1) is 20.9. The summed E-state index contributed by atoms with van der Waals surface area (Å²) < 4.78 is 12.7. The molecule has 10 heteroatoms. The van der Waals surface area contributed by atoms with Crippen molar-refractivity contribution in [2.45, 2.75) is 13.0 Å². The summed E-state index contributed by atoms with van der Waals surface area (Å²) in [7, 11) is 0. The van der Waals surface area contributed by atoms with E-state index in [1.807, 2.05) is 0 Å². The van der Waals surface area contributed by atoms with E-state index >= 15 is 0 Å². The highest BCUT2D eigenvalue weighted by Gasteiger charge is 2.16. The van der Waals surface area contributed by atoms with Gasteiger partial charge in [-0.2, -0.15) is 0 Å². The summed E-state index contributed by atoms with van der Waals surface area (Å²) in [4.78, 5) is 40.9. The van der Waals surface area contributed by atoms with E-state index in [1.54, 1.807) is 59.7 Å². The number of amides is 3. The number of nitrogens with zero attached hydrogens (tertiary/aromatic N) is 2. The third-order valence-electron chi connectivity index (χ3n) is 4.66. The molecule has 0 saturated heterocycles. The Balaban J connectivity index is 1.30. The number of imidazole rings is 1. The molecule has 32 heavy (non-hydrogen) atoms. The lowest BCUT2D eigenvalue weighted by Gasteiger charge is -2.18. The van der Waals surface area contributed by atoms with E-state index in [4.69, 9.17) is 9.47 Å². The number of fused-ring (bicyclic) bond motifs is 1. The summed E-state index contributed by atoms with van der Waals surface area (Å²) in [5, 5.41) is 2.75. The van der Waals surface area contributed by atoms with Crippen molar-refractivity contribution < 1.29 is 23.9 Å². The predicted octanol–water partition coefficient (Wildman–Crippen LogP) is 1.76. The van der Waals surface area contributed by atoms with Gasteiger partial charge >= 0.3 is 0 Å². The molecule has 2 heterocycles. The topological polar surface area (TPSA) is 124 Å². The molecule has 0 bridgehead atoms. The number of nitrogens with one attached hydrogen (secondary N) is 3. The lowest BCUT2D eigenvalue weighted by Crippen LogP contribution is -2.41. The zero-order chi connectivity index (χ0) is 22.3. The van der Waals surface area contributed by atoms with Crippen LogP contribution in [0.25, 0.3) is 0 Å². The summed E-state index contributed by atoms with van der Waals surface area (Å²) >= 11 is 0. The lowest BCUT2D eigenvalue weighted by molar-refractivity contribution is -0.116. The number of hydrogen-bond acceptors (Lipinski definition) is 6. The molecule has 2 aromatic carbocycles. The van der Waals surface area contributed by atoms with E-state index < -0.39 is 11.8 Å². The summed E-state index contributed by atoms with van der Waals surface area (Å²) in [5.74, 6) is -0.166. The number of aromatic nitrogens is 2. The van der Waals surface area contributed by atoms with E-state index in [9.17, 15) is 14.4 Å². The van der Waals surface area contributed by atoms with Gasteiger partial charge in [-0.05, 0) is 36.4 Å². The van der Waals surface area contributed by atoms with Crippen molar-refractivity contribution >= 4 is 23.4 Å². The highest BCUT2D eigenvalue weighted by molar-refractivity contribution is 6.00. The standard InChI is InChI=1S/C22H21N5O5/c28-20(6-8-27-9-7-23-14-27)24-17-3-1-2-15(12-17)21(29)25-26-22(30)16-4-5-18-19(13-16)32-11-10-31-18/h1-5,7,9,12-14H,6,8,10-11H2,(H,24,28)(H,25,29)(H,26,30). The number of carbonyl (C=O) groups is 3. The van der Waals surface area contributed by atoms with Crippen LogP contribution in [-0.4, -0.2) is 40.5 Å². The molecule has 3 amide bonds. The smallest absolute Gasteiger partial charge is 0.269 e. The Kier molecular flexibility index (Phi) is 6.30. The van der Waals surface area contributed by atoms with Crippen LogP contribution in [0.3, 0.4) is 0 Å². The molecule has 1 aliphatic rings. The van der Waals surface area contributed by atoms with Crippen molar-refractivity contribution in [3.05, 3.63) is 72.3 Å². The predicted molar refractivity (Wildman–Crippen MR) is 114 cm³/mol. The molecule has 1 aromatic heterocycles. The average Bonchev–Trinajstić information content (AvgIpc) is 3.34. The van der Waals surface area contributed by atoms with Gasteiger partial charge in [-0.25, -0.2) is 4.98 Å². The molecule has 1 aliphatic heterocycles. The maximum Gasteiger partial charge on any atom is 0.269 e. The molecular formula is C22H21N5O5. The van der Waals surface area contributed by atoms with Gasteiger partial charge in [-0.3, -0.25) is 25.2 Å². The number of ether oxygens (including phenoxy) is 2. The molecule has 10 nitrogen and oxygen atoms in total. The third-order valence-corrected chi connectivity index (χ3v) is 4.66. The number of rotatable bonds is 6. The molecule has 0 spiro atoms. The first-order valence-corrected chi connectivity index (χ1v) is 9.94. The first-order valence-electron chi connectivity index (χ1n) is 9.94. The maximum atomic E-state index is 12.4. The quantitative estimate of drug-likeness (QED) is 0.507. The van der Waals surface area contributed by atoms with Crippen LogP contribution >= 0.6 is 0 Å². The van der Waals surface area contributed by atoms with Crippen molar-refractivity contribution in [1.29, 1.82) is 0 Å². The fourth-order valence-electron chi connectivity index (χ4n) is 3.05. The van der Waals surface area contributed by atoms with Gasteiger partial charge in [0.05, 0.1) is 6.33 Å². The van der Waals surface area contributed by atoms with Crippen molar-refractivity contribution in [1.82, 2.24) is 20.4 Å². The second-order valence-corrected chi connectivity index (χ2v) is 6.95. The monoisotopic (exact) mass is 435 g/mol. The van der Waals surface area contributed by atoms with Gasteiger partial charge in [-0.1, -0.05) is 6.07 Å². The van der Waals surface area contributed by atoms with Gasteiger partial charge in [0.15, 0.2) is 11.5 Å². The Hall–Kier alpha value is -4.34. The number of benzene rings is 2. The van der Waals surface area contributed by atoms with Crippen LogP contribution in [0.2, 0.25) is 0 Å². The Bertz CT molecular complexity index is 1130. The van der Waals surface area contributed by atoms with Gasteiger partial charge in [0.2, 0.25) is 5.91 Å². The molecule has 0 radical (unpaired) electrons. The van der Waals surface area contributed by atoms with E-state index in [0.29, 0.717) is 42.5 Å². The van der Waals surface area contributed by atoms with E-state index in [-0.39, 0.29) is 17.9 Å². The first-order chi connectivity index (χ1) is 15.6. The SMILES string of the molecule is O=C(CCn1ccnc1)Nc1cccc(C(=O)NNC(=O)c2ccc3c(c2)OCCO3)c1.